The summed E-state index contributed by atoms with van der Waals surface area (Å²) in [5.41, 5.74) is 9.15. The minimum absolute atomic E-state index is 0. The van der Waals surface area contributed by atoms with E-state index in [0.29, 0.717) is 12.8 Å². The molecule has 2 heterocycles. The minimum atomic E-state index is -1.47. The molecule has 4 rings (SSSR count). The molecule has 1 saturated carbocycles. The summed E-state index contributed by atoms with van der Waals surface area (Å²) in [6, 6.07) is -0.610. The van der Waals surface area contributed by atoms with Crippen molar-refractivity contribution in [2.45, 2.75) is 31.0 Å². The molecule has 8 nitrogen and oxygen atoms in total. The van der Waals surface area contributed by atoms with Crippen molar-refractivity contribution in [3.05, 3.63) is 33.6 Å². The van der Waals surface area contributed by atoms with Crippen LogP contribution in [0.4, 0.5) is 20.2 Å². The van der Waals surface area contributed by atoms with Gasteiger partial charge in [-0.15, -0.1) is 12.4 Å². The summed E-state index contributed by atoms with van der Waals surface area (Å²) in [5.74, 6) is -3.53. The molecule has 0 amide bonds. The predicted molar refractivity (Wildman–Crippen MR) is 106 cm³/mol. The van der Waals surface area contributed by atoms with Crippen LogP contribution in [0.25, 0.3) is 10.9 Å². The van der Waals surface area contributed by atoms with Crippen LogP contribution in [-0.4, -0.2) is 48.0 Å². The SMILES string of the molecule is CO[C@H]1CN(c2c(F)c(N)c3c(=O)c(C(=O)O)cn(C4CC4)c3c2F)C[C@H]1N.Cl. The summed E-state index contributed by atoms with van der Waals surface area (Å²) < 4.78 is 37.3. The average Bonchev–Trinajstić information content (AvgIpc) is 3.42. The smallest absolute Gasteiger partial charge is 0.341 e. The van der Waals surface area contributed by atoms with E-state index in [-0.39, 0.29) is 42.7 Å². The zero-order valence-corrected chi connectivity index (χ0v) is 16.3. The van der Waals surface area contributed by atoms with Crippen molar-refractivity contribution in [2.24, 2.45) is 5.73 Å². The fourth-order valence-corrected chi connectivity index (χ4v) is 3.85. The number of ether oxygens (including phenoxy) is 1. The second-order valence-corrected chi connectivity index (χ2v) is 7.27. The lowest BCUT2D eigenvalue weighted by Gasteiger charge is -2.23. The maximum atomic E-state index is 15.6. The Morgan fingerprint density at radius 1 is 1.28 bits per heavy atom. The van der Waals surface area contributed by atoms with Gasteiger partial charge in [-0.3, -0.25) is 4.79 Å². The predicted octanol–water partition coefficient (Wildman–Crippen LogP) is 1.48. The number of nitrogen functional groups attached to an aromatic ring is 1. The summed E-state index contributed by atoms with van der Waals surface area (Å²) in [6.07, 6.45) is 2.10. The van der Waals surface area contributed by atoms with Gasteiger partial charge >= 0.3 is 5.97 Å². The number of rotatable bonds is 4. The lowest BCUT2D eigenvalue weighted by atomic mass is 10.1. The van der Waals surface area contributed by atoms with Crippen molar-refractivity contribution in [1.29, 1.82) is 0 Å². The molecular weight excluding hydrogens is 410 g/mol. The van der Waals surface area contributed by atoms with Gasteiger partial charge in [0.1, 0.15) is 11.3 Å². The lowest BCUT2D eigenvalue weighted by molar-refractivity contribution is 0.0695. The first-order chi connectivity index (χ1) is 13.3. The van der Waals surface area contributed by atoms with Crippen LogP contribution >= 0.6 is 12.4 Å². The molecule has 5 N–H and O–H groups in total. The van der Waals surface area contributed by atoms with Crippen LogP contribution in [0.15, 0.2) is 11.0 Å². The zero-order valence-electron chi connectivity index (χ0n) is 15.5. The summed E-state index contributed by atoms with van der Waals surface area (Å²) in [6.45, 7) is 0.315. The number of methoxy groups -OCH3 is 1. The van der Waals surface area contributed by atoms with Crippen LogP contribution < -0.4 is 21.8 Å². The Kier molecular flexibility index (Phi) is 5.46. The average molecular weight is 431 g/mol. The summed E-state index contributed by atoms with van der Waals surface area (Å²) in [5, 5.41) is 8.87. The number of benzene rings is 1. The molecule has 2 aromatic rings. The fraction of sp³-hybridized carbons (Fsp3) is 0.444. The van der Waals surface area contributed by atoms with Crippen LogP contribution in [0.3, 0.4) is 0 Å². The molecule has 11 heteroatoms. The molecule has 0 unspecified atom stereocenters. The number of anilines is 2. The molecule has 2 atom stereocenters. The second-order valence-electron chi connectivity index (χ2n) is 7.27. The highest BCUT2D eigenvalue weighted by molar-refractivity contribution is 5.99. The number of carboxylic acid groups (broad SMARTS) is 1. The van der Waals surface area contributed by atoms with E-state index >= 15 is 8.78 Å². The number of hydrogen-bond donors (Lipinski definition) is 3. The standard InChI is InChI=1S/C18H20F2N4O4.ClH/c1-28-10-6-23(5-9(10)21)16-12(19)14(22)11-15(13(16)20)24(7-2-3-7)4-8(17(11)25)18(26)27;/h4,7,9-10H,2-3,5-6,21-22H2,1H3,(H,26,27);1H/t9-,10+;/m1./s1. The number of carboxylic acids is 1. The summed E-state index contributed by atoms with van der Waals surface area (Å²) in [7, 11) is 1.47. The molecule has 1 aromatic carbocycles. The number of nitrogens with two attached hydrogens (primary N) is 2. The maximum absolute atomic E-state index is 15.6. The summed E-state index contributed by atoms with van der Waals surface area (Å²) in [4.78, 5) is 25.5. The van der Waals surface area contributed by atoms with E-state index in [1.54, 1.807) is 0 Å². The third-order valence-corrected chi connectivity index (χ3v) is 5.46. The lowest BCUT2D eigenvalue weighted by Crippen LogP contribution is -2.34. The van der Waals surface area contributed by atoms with Crippen LogP contribution in [0.1, 0.15) is 29.2 Å². The van der Waals surface area contributed by atoms with E-state index in [1.807, 2.05) is 0 Å². The fourth-order valence-electron chi connectivity index (χ4n) is 3.85. The first-order valence-corrected chi connectivity index (χ1v) is 8.88. The number of fused-ring (bicyclic) bond motifs is 1. The topological polar surface area (TPSA) is 124 Å². The Morgan fingerprint density at radius 3 is 2.45 bits per heavy atom. The minimum Gasteiger partial charge on any atom is -0.477 e. The first-order valence-electron chi connectivity index (χ1n) is 8.88. The number of aromatic carboxylic acids is 1. The van der Waals surface area contributed by atoms with Crippen molar-refractivity contribution in [1.82, 2.24) is 4.57 Å². The van der Waals surface area contributed by atoms with Crippen molar-refractivity contribution in [3.63, 3.8) is 0 Å². The number of aromatic nitrogens is 1. The van der Waals surface area contributed by atoms with Crippen molar-refractivity contribution in [3.8, 4) is 0 Å². The Labute approximate surface area is 170 Å². The van der Waals surface area contributed by atoms with Gasteiger partial charge in [0.25, 0.3) is 0 Å². The zero-order chi connectivity index (χ0) is 20.3. The largest absolute Gasteiger partial charge is 0.477 e. The van der Waals surface area contributed by atoms with Gasteiger partial charge in [0, 0.05) is 32.4 Å². The molecule has 1 aliphatic heterocycles. The van der Waals surface area contributed by atoms with Crippen molar-refractivity contribution < 1.29 is 23.4 Å². The van der Waals surface area contributed by atoms with Crippen LogP contribution in [0.5, 0.6) is 0 Å². The van der Waals surface area contributed by atoms with Gasteiger partial charge in [0.2, 0.25) is 5.43 Å². The second kappa shape index (κ2) is 7.43. The molecule has 158 valence electrons. The van der Waals surface area contributed by atoms with Gasteiger partial charge in [-0.2, -0.15) is 0 Å². The van der Waals surface area contributed by atoms with Gasteiger partial charge in [-0.25, -0.2) is 13.6 Å². The molecule has 29 heavy (non-hydrogen) atoms. The third kappa shape index (κ3) is 3.21. The normalized spacial score (nSPS) is 21.4. The van der Waals surface area contributed by atoms with Crippen LogP contribution in [-0.2, 0) is 4.74 Å². The molecule has 2 aliphatic rings. The van der Waals surface area contributed by atoms with Gasteiger partial charge in [0.15, 0.2) is 11.6 Å². The molecule has 2 fully saturated rings. The van der Waals surface area contributed by atoms with Gasteiger partial charge < -0.3 is 30.8 Å². The molecule has 0 bridgehead atoms. The number of nitrogens with zero attached hydrogens (tertiary/aromatic N) is 2. The molecule has 0 radical (unpaired) electrons. The van der Waals surface area contributed by atoms with Crippen molar-refractivity contribution in [2.75, 3.05) is 30.8 Å². The Balaban J connectivity index is 0.00000240. The Hall–Kier alpha value is -2.43. The highest BCUT2D eigenvalue weighted by atomic mass is 35.5. The molecule has 1 saturated heterocycles. The van der Waals surface area contributed by atoms with Crippen LogP contribution in [0.2, 0.25) is 0 Å². The monoisotopic (exact) mass is 430 g/mol. The molecular formula is C18H21ClF2N4O4. The third-order valence-electron chi connectivity index (χ3n) is 5.46. The Bertz CT molecular complexity index is 1060. The number of pyridine rings is 1. The highest BCUT2D eigenvalue weighted by Crippen LogP contribution is 2.42. The highest BCUT2D eigenvalue weighted by Gasteiger charge is 2.37. The summed E-state index contributed by atoms with van der Waals surface area (Å²) >= 11 is 0. The molecule has 1 aliphatic carbocycles. The van der Waals surface area contributed by atoms with E-state index in [0.717, 1.165) is 6.20 Å². The van der Waals surface area contributed by atoms with Crippen LogP contribution in [0, 0.1) is 11.6 Å². The number of halogens is 3. The Morgan fingerprint density at radius 2 is 1.93 bits per heavy atom. The van der Waals surface area contributed by atoms with E-state index in [9.17, 15) is 14.7 Å². The molecule has 1 aromatic heterocycles. The quantitative estimate of drug-likeness (QED) is 0.627. The van der Waals surface area contributed by atoms with E-state index < -0.39 is 51.8 Å². The maximum Gasteiger partial charge on any atom is 0.341 e. The molecule has 0 spiro atoms. The number of carbonyl (C=O) groups is 1. The van der Waals surface area contributed by atoms with Gasteiger partial charge in [-0.1, -0.05) is 0 Å². The van der Waals surface area contributed by atoms with E-state index in [1.165, 1.54) is 16.6 Å². The van der Waals surface area contributed by atoms with Crippen molar-refractivity contribution >= 4 is 40.7 Å². The number of hydrogen-bond acceptors (Lipinski definition) is 6. The van der Waals surface area contributed by atoms with E-state index in [2.05, 4.69) is 0 Å². The van der Waals surface area contributed by atoms with E-state index in [4.69, 9.17) is 16.2 Å². The first kappa shape index (κ1) is 21.3. The van der Waals surface area contributed by atoms with Gasteiger partial charge in [-0.05, 0) is 12.8 Å². The van der Waals surface area contributed by atoms with Gasteiger partial charge in [0.05, 0.1) is 28.7 Å².